The van der Waals surface area contributed by atoms with Gasteiger partial charge in [-0.3, -0.25) is 9.69 Å². The van der Waals surface area contributed by atoms with E-state index in [0.717, 1.165) is 25.2 Å². The normalized spacial score (nSPS) is 14.1. The van der Waals surface area contributed by atoms with Crippen molar-refractivity contribution in [1.29, 1.82) is 0 Å². The monoisotopic (exact) mass is 539 g/mol. The maximum atomic E-state index is 12.4. The smallest absolute Gasteiger partial charge is 0.336 e. The maximum Gasteiger partial charge on any atom is 0.336 e. The number of phenolic OH excluding ortho intramolecular Hbond substituents is 1. The molecule has 2 aromatic heterocycles. The van der Waals surface area contributed by atoms with Crippen molar-refractivity contribution in [3.8, 4) is 23.0 Å². The lowest BCUT2D eigenvalue weighted by Crippen LogP contribution is -2.48. The lowest BCUT2D eigenvalue weighted by molar-refractivity contribution is 0.0598. The summed E-state index contributed by atoms with van der Waals surface area (Å²) in [7, 11) is 0. The number of piperazine rings is 1. The van der Waals surface area contributed by atoms with E-state index in [-0.39, 0.29) is 27.7 Å². The van der Waals surface area contributed by atoms with Gasteiger partial charge in [0.2, 0.25) is 0 Å². The minimum Gasteiger partial charge on any atom is -0.505 e. The van der Waals surface area contributed by atoms with Gasteiger partial charge in [0.15, 0.2) is 11.5 Å². The van der Waals surface area contributed by atoms with E-state index in [4.69, 9.17) is 32.4 Å². The van der Waals surface area contributed by atoms with Crippen LogP contribution in [0.15, 0.2) is 65.4 Å². The predicted molar refractivity (Wildman–Crippen MR) is 138 cm³/mol. The fraction of sp³-hybridized carbons (Fsp3) is 0.231. The molecule has 190 valence electrons. The molecule has 1 fully saturated rings. The van der Waals surface area contributed by atoms with Crippen molar-refractivity contribution >= 4 is 29.1 Å². The predicted octanol–water partition coefficient (Wildman–Crippen LogP) is 4.68. The standard InChI is InChI=1S/C26H23Cl2N5O4/c27-20-12-19(13-21(28)24(20)34)22-14-29-26(31-30-22)37-16-18-5-3-17(4-6-18)15-32-7-9-33(10-8-32)25(35)23-2-1-11-36-23/h1-6,11-14,34H,7-10,15-16H2. The third kappa shape index (κ3) is 6.02. The molecule has 1 N–H and O–H groups in total. The summed E-state index contributed by atoms with van der Waals surface area (Å²) in [4.78, 5) is 20.8. The number of furan rings is 1. The van der Waals surface area contributed by atoms with Crippen LogP contribution in [0.4, 0.5) is 0 Å². The molecule has 4 aromatic rings. The molecule has 0 atom stereocenters. The van der Waals surface area contributed by atoms with Crippen molar-refractivity contribution < 1.29 is 19.1 Å². The van der Waals surface area contributed by atoms with Gasteiger partial charge >= 0.3 is 6.01 Å². The average Bonchev–Trinajstić information content (AvgIpc) is 3.47. The number of aromatic nitrogens is 3. The molecular formula is C26H23Cl2N5O4. The van der Waals surface area contributed by atoms with Crippen LogP contribution in [-0.2, 0) is 13.2 Å². The molecule has 0 aliphatic carbocycles. The molecular weight excluding hydrogens is 517 g/mol. The number of carbonyl (C=O) groups excluding carboxylic acids is 1. The number of rotatable bonds is 7. The molecule has 0 spiro atoms. The zero-order valence-electron chi connectivity index (χ0n) is 19.7. The van der Waals surface area contributed by atoms with Crippen molar-refractivity contribution in [2.75, 3.05) is 26.2 Å². The lowest BCUT2D eigenvalue weighted by atomic mass is 10.1. The van der Waals surface area contributed by atoms with Gasteiger partial charge in [0, 0.05) is 38.3 Å². The van der Waals surface area contributed by atoms with Gasteiger partial charge in [0.05, 0.1) is 22.5 Å². The first-order chi connectivity index (χ1) is 18.0. The van der Waals surface area contributed by atoms with E-state index in [0.29, 0.717) is 36.7 Å². The third-order valence-corrected chi connectivity index (χ3v) is 6.62. The molecule has 1 aliphatic heterocycles. The summed E-state index contributed by atoms with van der Waals surface area (Å²) in [5.41, 5.74) is 3.19. The Morgan fingerprint density at radius 3 is 2.32 bits per heavy atom. The van der Waals surface area contributed by atoms with Crippen LogP contribution in [0.25, 0.3) is 11.3 Å². The summed E-state index contributed by atoms with van der Waals surface area (Å²) in [5.74, 6) is 0.145. The van der Waals surface area contributed by atoms with Crippen molar-refractivity contribution in [2.24, 2.45) is 0 Å². The van der Waals surface area contributed by atoms with Gasteiger partial charge in [-0.25, -0.2) is 4.98 Å². The van der Waals surface area contributed by atoms with Crippen LogP contribution in [0.3, 0.4) is 0 Å². The fourth-order valence-electron chi connectivity index (χ4n) is 3.99. The minimum atomic E-state index is -0.181. The first-order valence-electron chi connectivity index (χ1n) is 11.6. The van der Waals surface area contributed by atoms with Crippen molar-refractivity contribution in [3.63, 3.8) is 0 Å². The Labute approximate surface area is 223 Å². The van der Waals surface area contributed by atoms with Gasteiger partial charge in [-0.1, -0.05) is 52.6 Å². The summed E-state index contributed by atoms with van der Waals surface area (Å²) in [6.45, 7) is 4.06. The van der Waals surface area contributed by atoms with Crippen LogP contribution in [0, 0.1) is 0 Å². The number of amides is 1. The zero-order chi connectivity index (χ0) is 25.8. The number of benzene rings is 2. The molecule has 3 heterocycles. The number of phenols is 1. The Bertz CT molecular complexity index is 1330. The van der Waals surface area contributed by atoms with E-state index in [1.165, 1.54) is 30.2 Å². The second-order valence-electron chi connectivity index (χ2n) is 8.57. The maximum absolute atomic E-state index is 12.4. The van der Waals surface area contributed by atoms with E-state index < -0.39 is 0 Å². The third-order valence-electron chi connectivity index (χ3n) is 6.04. The Kier molecular flexibility index (Phi) is 7.55. The van der Waals surface area contributed by atoms with Crippen LogP contribution >= 0.6 is 23.2 Å². The summed E-state index contributed by atoms with van der Waals surface area (Å²) < 4.78 is 10.9. The number of carbonyl (C=O) groups is 1. The van der Waals surface area contributed by atoms with E-state index in [1.807, 2.05) is 17.0 Å². The van der Waals surface area contributed by atoms with Crippen LogP contribution in [0.2, 0.25) is 10.0 Å². The second-order valence-corrected chi connectivity index (χ2v) is 9.38. The van der Waals surface area contributed by atoms with Gasteiger partial charge < -0.3 is 19.2 Å². The Morgan fingerprint density at radius 2 is 1.70 bits per heavy atom. The molecule has 0 bridgehead atoms. The van der Waals surface area contributed by atoms with Crippen LogP contribution < -0.4 is 4.74 Å². The molecule has 37 heavy (non-hydrogen) atoms. The SMILES string of the molecule is O=C(c1ccco1)N1CCN(Cc2ccc(COc3ncc(-c4cc(Cl)c(O)c(Cl)c4)nn3)cc2)CC1. The van der Waals surface area contributed by atoms with E-state index in [1.54, 1.807) is 12.1 Å². The Balaban J connectivity index is 1.10. The molecule has 0 unspecified atom stereocenters. The van der Waals surface area contributed by atoms with Gasteiger partial charge in [-0.05, 0) is 35.4 Å². The van der Waals surface area contributed by atoms with Gasteiger partial charge in [-0.15, -0.1) is 5.10 Å². The lowest BCUT2D eigenvalue weighted by Gasteiger charge is -2.34. The van der Waals surface area contributed by atoms with Gasteiger partial charge in [0.25, 0.3) is 5.91 Å². The molecule has 1 aliphatic rings. The number of hydrogen-bond acceptors (Lipinski definition) is 8. The first kappa shape index (κ1) is 25.0. The second kappa shape index (κ2) is 11.2. The summed E-state index contributed by atoms with van der Waals surface area (Å²) in [6, 6.07) is 14.8. The minimum absolute atomic E-state index is 0.0584. The Morgan fingerprint density at radius 1 is 1.00 bits per heavy atom. The number of ether oxygens (including phenoxy) is 1. The van der Waals surface area contributed by atoms with Crippen LogP contribution in [-0.4, -0.2) is 62.2 Å². The largest absolute Gasteiger partial charge is 0.505 e. The molecule has 5 rings (SSSR count). The van der Waals surface area contributed by atoms with Gasteiger partial charge in [-0.2, -0.15) is 0 Å². The summed E-state index contributed by atoms with van der Waals surface area (Å²) in [6.07, 6.45) is 3.02. The quantitative estimate of drug-likeness (QED) is 0.361. The molecule has 0 saturated carbocycles. The van der Waals surface area contributed by atoms with Gasteiger partial charge in [0.1, 0.15) is 12.3 Å². The molecule has 9 nitrogen and oxygen atoms in total. The highest BCUT2D eigenvalue weighted by atomic mass is 35.5. The van der Waals surface area contributed by atoms with Crippen molar-refractivity contribution in [1.82, 2.24) is 25.0 Å². The summed E-state index contributed by atoms with van der Waals surface area (Å²) in [5, 5.41) is 18.1. The fourth-order valence-corrected chi connectivity index (χ4v) is 4.48. The van der Waals surface area contributed by atoms with E-state index in [9.17, 15) is 9.90 Å². The Hall–Kier alpha value is -3.66. The number of nitrogens with zero attached hydrogens (tertiary/aromatic N) is 5. The first-order valence-corrected chi connectivity index (χ1v) is 12.4. The zero-order valence-corrected chi connectivity index (χ0v) is 21.2. The number of aromatic hydroxyl groups is 1. The van der Waals surface area contributed by atoms with E-state index >= 15 is 0 Å². The molecule has 11 heteroatoms. The van der Waals surface area contributed by atoms with E-state index in [2.05, 4.69) is 32.2 Å². The topological polar surface area (TPSA) is 105 Å². The highest BCUT2D eigenvalue weighted by molar-refractivity contribution is 6.37. The van der Waals surface area contributed by atoms with Crippen molar-refractivity contribution in [2.45, 2.75) is 13.2 Å². The molecule has 0 radical (unpaired) electrons. The van der Waals surface area contributed by atoms with Crippen LogP contribution in [0.1, 0.15) is 21.7 Å². The molecule has 1 saturated heterocycles. The highest BCUT2D eigenvalue weighted by Crippen LogP contribution is 2.35. The van der Waals surface area contributed by atoms with Crippen molar-refractivity contribution in [3.05, 3.63) is 87.9 Å². The summed E-state index contributed by atoms with van der Waals surface area (Å²) >= 11 is 11.9. The molecule has 1 amide bonds. The number of halogens is 2. The average molecular weight is 540 g/mol. The number of hydrogen-bond donors (Lipinski definition) is 1. The molecule has 2 aromatic carbocycles. The highest BCUT2D eigenvalue weighted by Gasteiger charge is 2.23. The van der Waals surface area contributed by atoms with Crippen LogP contribution in [0.5, 0.6) is 11.8 Å².